The number of ether oxygens (including phenoxy) is 2. The topological polar surface area (TPSA) is 92.2 Å². The zero-order valence-corrected chi connectivity index (χ0v) is 27.7. The third-order valence-corrected chi connectivity index (χ3v) is 10.3. The standard InChI is InChI=1S/C36H44F5N3O5/c1-22-3-5-24(6-4-22)33(45)44(25-7-9-26(10-8-25)48-27-11-12-27)31-14-13-28(18-29(31)34(46)47)49-32-30(36(39,40)41)17-23(19-42-32)20-43-16-2-15-35(37,38)21-43/h13-14,17-19,22,24-27H,2-12,15-16,20-21H2,1H3,(H,46,47). The van der Waals surface area contributed by atoms with Crippen LogP contribution in [0.5, 0.6) is 11.6 Å². The van der Waals surface area contributed by atoms with E-state index in [1.165, 1.54) is 17.0 Å². The van der Waals surface area contributed by atoms with E-state index < -0.39 is 36.1 Å². The molecule has 0 radical (unpaired) electrons. The SMILES string of the molecule is CC1CCC(C(=O)N(c2ccc(Oc3ncc(CN4CCCC(F)(F)C4)cc3C(F)(F)F)cc2C(=O)O)C2CCC(OC3CC3)CC2)CC1. The highest BCUT2D eigenvalue weighted by Gasteiger charge is 2.40. The first-order valence-electron chi connectivity index (χ1n) is 17.5. The number of carbonyl (C=O) groups is 2. The molecule has 1 amide bonds. The molecule has 1 aromatic heterocycles. The molecule has 2 aromatic rings. The number of pyridine rings is 1. The lowest BCUT2D eigenvalue weighted by Crippen LogP contribution is -2.47. The molecule has 4 fully saturated rings. The second kappa shape index (κ2) is 14.5. The van der Waals surface area contributed by atoms with E-state index in [4.69, 9.17) is 9.47 Å². The highest BCUT2D eigenvalue weighted by Crippen LogP contribution is 2.41. The second-order valence-corrected chi connectivity index (χ2v) is 14.4. The molecule has 1 saturated heterocycles. The van der Waals surface area contributed by atoms with Crippen LogP contribution in [0.3, 0.4) is 0 Å². The van der Waals surface area contributed by atoms with Crippen molar-refractivity contribution in [3.63, 3.8) is 0 Å². The van der Waals surface area contributed by atoms with E-state index in [0.717, 1.165) is 56.9 Å². The molecule has 268 valence electrons. The maximum atomic E-state index is 14.2. The Morgan fingerprint density at radius 3 is 2.29 bits per heavy atom. The van der Waals surface area contributed by atoms with Gasteiger partial charge in [0.05, 0.1) is 30.0 Å². The molecule has 6 rings (SSSR count). The predicted octanol–water partition coefficient (Wildman–Crippen LogP) is 8.47. The van der Waals surface area contributed by atoms with Crippen LogP contribution < -0.4 is 9.64 Å². The largest absolute Gasteiger partial charge is 0.478 e. The molecule has 0 atom stereocenters. The van der Waals surface area contributed by atoms with E-state index in [2.05, 4.69) is 11.9 Å². The van der Waals surface area contributed by atoms with Gasteiger partial charge in [0.15, 0.2) is 0 Å². The fourth-order valence-electron chi connectivity index (χ4n) is 7.49. The van der Waals surface area contributed by atoms with Crippen LogP contribution in [0.2, 0.25) is 0 Å². The van der Waals surface area contributed by atoms with E-state index >= 15 is 0 Å². The first kappa shape index (κ1) is 35.5. The fourth-order valence-corrected chi connectivity index (χ4v) is 7.49. The van der Waals surface area contributed by atoms with Crippen LogP contribution >= 0.6 is 0 Å². The average molecular weight is 694 g/mol. The van der Waals surface area contributed by atoms with Gasteiger partial charge in [-0.15, -0.1) is 0 Å². The Morgan fingerprint density at radius 2 is 1.67 bits per heavy atom. The number of alkyl halides is 5. The van der Waals surface area contributed by atoms with Gasteiger partial charge in [0.1, 0.15) is 11.3 Å². The van der Waals surface area contributed by atoms with Gasteiger partial charge in [0.2, 0.25) is 11.8 Å². The van der Waals surface area contributed by atoms with Gasteiger partial charge in [-0.05, 0) is 113 Å². The summed E-state index contributed by atoms with van der Waals surface area (Å²) in [5, 5.41) is 10.3. The Labute approximate surface area is 283 Å². The highest BCUT2D eigenvalue weighted by molar-refractivity contribution is 6.03. The van der Waals surface area contributed by atoms with Crippen LogP contribution in [-0.4, -0.2) is 64.1 Å². The first-order valence-corrected chi connectivity index (χ1v) is 17.5. The number of likely N-dealkylation sites (tertiary alicyclic amines) is 1. The number of carboxylic acid groups (broad SMARTS) is 1. The van der Waals surface area contributed by atoms with Gasteiger partial charge in [-0.25, -0.2) is 18.6 Å². The van der Waals surface area contributed by atoms with Crippen molar-refractivity contribution in [3.8, 4) is 11.6 Å². The Kier molecular flexibility index (Phi) is 10.5. The Morgan fingerprint density at radius 1 is 1.00 bits per heavy atom. The minimum absolute atomic E-state index is 0.0995. The molecular formula is C36H44F5N3O5. The number of carbonyl (C=O) groups excluding carboxylic acids is 1. The van der Waals surface area contributed by atoms with Crippen LogP contribution in [-0.2, 0) is 22.3 Å². The van der Waals surface area contributed by atoms with Crippen LogP contribution in [0.1, 0.15) is 105 Å². The molecule has 1 aliphatic heterocycles. The smallest absolute Gasteiger partial charge is 0.421 e. The van der Waals surface area contributed by atoms with Gasteiger partial charge < -0.3 is 19.5 Å². The summed E-state index contributed by atoms with van der Waals surface area (Å²) in [6.07, 6.45) is 4.78. The van der Waals surface area contributed by atoms with Crippen molar-refractivity contribution in [1.82, 2.24) is 9.88 Å². The molecule has 3 saturated carbocycles. The predicted molar refractivity (Wildman–Crippen MR) is 171 cm³/mol. The van der Waals surface area contributed by atoms with Crippen LogP contribution in [0.15, 0.2) is 30.5 Å². The van der Waals surface area contributed by atoms with E-state index in [-0.39, 0.29) is 65.9 Å². The average Bonchev–Trinajstić information content (AvgIpc) is 3.86. The molecule has 13 heteroatoms. The van der Waals surface area contributed by atoms with Gasteiger partial charge in [-0.3, -0.25) is 9.69 Å². The summed E-state index contributed by atoms with van der Waals surface area (Å²) in [7, 11) is 0. The number of rotatable bonds is 10. The summed E-state index contributed by atoms with van der Waals surface area (Å²) >= 11 is 0. The fraction of sp³-hybridized carbons (Fsp3) is 0.639. The third kappa shape index (κ3) is 8.89. The van der Waals surface area contributed by atoms with E-state index in [1.54, 1.807) is 4.90 Å². The summed E-state index contributed by atoms with van der Waals surface area (Å²) in [6.45, 7) is 1.80. The number of benzene rings is 1. The summed E-state index contributed by atoms with van der Waals surface area (Å²) in [6, 6.07) is 4.51. The van der Waals surface area contributed by atoms with Crippen molar-refractivity contribution in [2.24, 2.45) is 11.8 Å². The molecule has 49 heavy (non-hydrogen) atoms. The number of aromatic nitrogens is 1. The Hall–Kier alpha value is -3.32. The van der Waals surface area contributed by atoms with Crippen molar-refractivity contribution < 1.29 is 46.1 Å². The van der Waals surface area contributed by atoms with Gasteiger partial charge in [0.25, 0.3) is 5.92 Å². The minimum atomic E-state index is -4.89. The maximum Gasteiger partial charge on any atom is 0.421 e. The van der Waals surface area contributed by atoms with Crippen molar-refractivity contribution in [2.45, 2.75) is 121 Å². The van der Waals surface area contributed by atoms with Crippen molar-refractivity contribution >= 4 is 17.6 Å². The Bertz CT molecular complexity index is 1500. The van der Waals surface area contributed by atoms with Crippen LogP contribution in [0, 0.1) is 11.8 Å². The summed E-state index contributed by atoms with van der Waals surface area (Å²) in [5.74, 6) is -5.10. The third-order valence-electron chi connectivity index (χ3n) is 10.3. The number of halogens is 5. The number of aromatic carboxylic acids is 1. The quantitative estimate of drug-likeness (QED) is 0.250. The summed E-state index contributed by atoms with van der Waals surface area (Å²) in [5.41, 5.74) is -1.18. The molecule has 4 aliphatic rings. The van der Waals surface area contributed by atoms with Crippen LogP contribution in [0.4, 0.5) is 27.6 Å². The van der Waals surface area contributed by atoms with Crippen LogP contribution in [0.25, 0.3) is 0 Å². The molecular weight excluding hydrogens is 649 g/mol. The number of nitrogens with zero attached hydrogens (tertiary/aromatic N) is 3. The van der Waals surface area contributed by atoms with Gasteiger partial charge in [-0.1, -0.05) is 6.92 Å². The summed E-state index contributed by atoms with van der Waals surface area (Å²) in [4.78, 5) is 33.8. The molecule has 0 bridgehead atoms. The number of anilines is 1. The zero-order valence-electron chi connectivity index (χ0n) is 27.7. The molecule has 8 nitrogen and oxygen atoms in total. The molecule has 3 aliphatic carbocycles. The molecule has 1 N–H and O–H groups in total. The highest BCUT2D eigenvalue weighted by atomic mass is 19.4. The lowest BCUT2D eigenvalue weighted by Gasteiger charge is -2.40. The number of piperidine rings is 1. The van der Waals surface area contributed by atoms with Crippen molar-refractivity contribution in [1.29, 1.82) is 0 Å². The minimum Gasteiger partial charge on any atom is -0.478 e. The van der Waals surface area contributed by atoms with E-state index in [1.807, 2.05) is 0 Å². The van der Waals surface area contributed by atoms with Gasteiger partial charge in [0, 0.05) is 31.1 Å². The molecule has 0 spiro atoms. The Balaban J connectivity index is 1.26. The van der Waals surface area contributed by atoms with E-state index in [9.17, 15) is 36.6 Å². The number of hydrogen-bond acceptors (Lipinski definition) is 6. The number of carboxylic acids is 1. The zero-order chi connectivity index (χ0) is 34.9. The lowest BCUT2D eigenvalue weighted by molar-refractivity contribution is -0.139. The molecule has 2 heterocycles. The number of hydrogen-bond donors (Lipinski definition) is 1. The van der Waals surface area contributed by atoms with Gasteiger partial charge in [-0.2, -0.15) is 13.2 Å². The summed E-state index contributed by atoms with van der Waals surface area (Å²) < 4.78 is 82.1. The normalized spacial score (nSPS) is 26.2. The van der Waals surface area contributed by atoms with E-state index in [0.29, 0.717) is 44.2 Å². The lowest BCUT2D eigenvalue weighted by atomic mass is 9.81. The number of amides is 1. The molecule has 0 unspecified atom stereocenters. The van der Waals surface area contributed by atoms with Crippen molar-refractivity contribution in [2.75, 3.05) is 18.0 Å². The van der Waals surface area contributed by atoms with Crippen molar-refractivity contribution in [3.05, 3.63) is 47.2 Å². The molecule has 1 aromatic carbocycles. The first-order chi connectivity index (χ1) is 23.3. The second-order valence-electron chi connectivity index (χ2n) is 14.4. The van der Waals surface area contributed by atoms with Gasteiger partial charge >= 0.3 is 12.1 Å². The maximum absolute atomic E-state index is 14.2. The monoisotopic (exact) mass is 693 g/mol.